The Morgan fingerprint density at radius 2 is 1.80 bits per heavy atom. The van der Waals surface area contributed by atoms with Gasteiger partial charge in [0.1, 0.15) is 36.3 Å². The van der Waals surface area contributed by atoms with Crippen LogP contribution in [0.5, 0.6) is 0 Å². The Morgan fingerprint density at radius 1 is 1.14 bits per heavy atom. The Bertz CT molecular complexity index is 1710. The Kier molecular flexibility index (Phi) is 14.8. The summed E-state index contributed by atoms with van der Waals surface area (Å²) in [4.78, 5) is 85.9. The first kappa shape index (κ1) is 43.0. The minimum atomic E-state index is -5.56. The first-order valence-electron chi connectivity index (χ1n) is 14.5. The lowest BCUT2D eigenvalue weighted by Gasteiger charge is -2.30. The molecule has 0 bridgehead atoms. The molecule has 3 rings (SSSR count). The largest absolute Gasteiger partial charge is 0.481 e. The van der Waals surface area contributed by atoms with E-state index in [-0.39, 0.29) is 41.6 Å². The number of anilines is 1. The number of amides is 2. The van der Waals surface area contributed by atoms with Gasteiger partial charge in [-0.3, -0.25) is 32.5 Å². The van der Waals surface area contributed by atoms with Crippen molar-refractivity contribution in [3.63, 3.8) is 0 Å². The maximum absolute atomic E-state index is 12.6. The van der Waals surface area contributed by atoms with Crippen LogP contribution in [-0.2, 0) is 50.7 Å². The minimum Gasteiger partial charge on any atom is -0.386 e. The fourth-order valence-corrected chi connectivity index (χ4v) is 7.65. The number of hydrogen-bond donors (Lipinski definition) is 9. The monoisotopic (exact) mass is 813 g/mol. The molecule has 0 spiro atoms. The molecule has 51 heavy (non-hydrogen) atoms. The number of nitrogens with one attached hydrogen (secondary N) is 2. The number of carbonyl (C=O) groups excluding carboxylic acids is 3. The van der Waals surface area contributed by atoms with Gasteiger partial charge in [0.25, 0.3) is 0 Å². The summed E-state index contributed by atoms with van der Waals surface area (Å²) in [6.07, 6.45) is -6.88. The summed E-state index contributed by atoms with van der Waals surface area (Å²) in [5, 5.41) is 26.1. The molecule has 7 unspecified atom stereocenters. The second kappa shape index (κ2) is 17.6. The molecule has 1 aliphatic rings. The smallest absolute Gasteiger partial charge is 0.386 e. The lowest BCUT2D eigenvalue weighted by atomic mass is 9.87. The molecule has 1 aliphatic heterocycles. The number of ether oxygens (including phenoxy) is 1. The summed E-state index contributed by atoms with van der Waals surface area (Å²) in [6.45, 7) is 1.90. The van der Waals surface area contributed by atoms with Crippen LogP contribution in [0.3, 0.4) is 0 Å². The van der Waals surface area contributed by atoms with Gasteiger partial charge in [0.2, 0.25) is 11.8 Å². The van der Waals surface area contributed by atoms with E-state index in [1.165, 1.54) is 20.8 Å². The first-order chi connectivity index (χ1) is 23.5. The number of nitrogens with two attached hydrogens (primary N) is 1. The number of hydrogen-bond acceptors (Lipinski definition) is 18. The van der Waals surface area contributed by atoms with Crippen LogP contribution in [0.15, 0.2) is 12.7 Å². The maximum Gasteiger partial charge on any atom is 0.481 e. The predicted molar refractivity (Wildman–Crippen MR) is 173 cm³/mol. The van der Waals surface area contributed by atoms with Gasteiger partial charge in [-0.2, -0.15) is 4.31 Å². The fraction of sp³-hybridized carbons (Fsp3) is 0.652. The van der Waals surface area contributed by atoms with Crippen molar-refractivity contribution in [3.05, 3.63) is 12.7 Å². The SMILES string of the molecule is CC(C)(COP(=O)(O)OP(=O)(O)OCC1OC(n2cnc3c(N)ncnc32)C(O)C1OP(=O)(O)O)C(O)C(=O)NCCC(=O)NCCS[14C]([14CH3])=O. The number of phosphoric acid groups is 3. The Balaban J connectivity index is 1.55. The van der Waals surface area contributed by atoms with Crippen LogP contribution in [0.2, 0.25) is 0 Å². The minimum absolute atomic E-state index is 0.0310. The second-order valence-corrected chi connectivity index (χ2v) is 16.9. The Hall–Kier alpha value is -2.44. The van der Waals surface area contributed by atoms with E-state index in [4.69, 9.17) is 19.5 Å². The molecule has 7 atom stereocenters. The molecule has 288 valence electrons. The number of fused-ring (bicyclic) bond motifs is 1. The molecule has 2 amide bonds. The third-order valence-corrected chi connectivity index (χ3v) is 10.7. The van der Waals surface area contributed by atoms with Crippen molar-refractivity contribution >= 4 is 69.1 Å². The van der Waals surface area contributed by atoms with E-state index in [0.717, 1.165) is 29.0 Å². The van der Waals surface area contributed by atoms with Crippen molar-refractivity contribution in [3.8, 4) is 0 Å². The maximum atomic E-state index is 12.6. The van der Waals surface area contributed by atoms with Gasteiger partial charge in [0.05, 0.1) is 19.5 Å². The van der Waals surface area contributed by atoms with Gasteiger partial charge in [-0.05, 0) is 0 Å². The van der Waals surface area contributed by atoms with Crippen molar-refractivity contribution in [2.24, 2.45) is 5.41 Å². The zero-order valence-corrected chi connectivity index (χ0v) is 30.6. The van der Waals surface area contributed by atoms with Gasteiger partial charge in [-0.25, -0.2) is 28.6 Å². The second-order valence-electron chi connectivity index (χ2n) is 11.4. The average Bonchev–Trinajstić information content (AvgIpc) is 3.57. The highest BCUT2D eigenvalue weighted by Crippen LogP contribution is 2.61. The zero-order valence-electron chi connectivity index (χ0n) is 27.1. The highest BCUT2D eigenvalue weighted by Gasteiger charge is 2.50. The number of imidazole rings is 1. The van der Waals surface area contributed by atoms with E-state index >= 15 is 0 Å². The summed E-state index contributed by atoms with van der Waals surface area (Å²) in [5.41, 5.74) is 4.26. The third-order valence-electron chi connectivity index (χ3n) is 6.81. The summed E-state index contributed by atoms with van der Waals surface area (Å²) in [5.74, 6) is -1.08. The fourth-order valence-electron chi connectivity index (χ4n) is 4.32. The summed E-state index contributed by atoms with van der Waals surface area (Å²) in [6, 6.07) is 0. The number of nitrogen functional groups attached to an aromatic ring is 1. The molecule has 3 heterocycles. The summed E-state index contributed by atoms with van der Waals surface area (Å²) < 4.78 is 61.8. The molecule has 10 N–H and O–H groups in total. The molecule has 2 aromatic rings. The number of thioether (sulfide) groups is 1. The van der Waals surface area contributed by atoms with Crippen molar-refractivity contribution in [2.45, 2.75) is 57.8 Å². The van der Waals surface area contributed by atoms with Crippen LogP contribution in [0.4, 0.5) is 5.82 Å². The number of aliphatic hydroxyl groups is 2. The number of rotatable bonds is 19. The molecule has 24 nitrogen and oxygen atoms in total. The number of carbonyl (C=O) groups is 3. The molecular formula is C23H38N7O17P3S. The number of aliphatic hydroxyl groups excluding tert-OH is 2. The third kappa shape index (κ3) is 12.9. The van der Waals surface area contributed by atoms with E-state index in [9.17, 15) is 57.9 Å². The topological polar surface area (TPSA) is 364 Å². The van der Waals surface area contributed by atoms with Gasteiger partial charge in [-0.1, -0.05) is 25.6 Å². The molecule has 1 saturated heterocycles. The number of nitrogens with zero attached hydrogens (tertiary/aromatic N) is 4. The standard InChI is InChI=1S/C23H38N7O17P3S/c1-12(31)51-7-6-25-14(32)4-5-26-21(35)18(34)23(2,3)9-44-50(41,42)47-49(39,40)43-8-13-17(46-48(36,37)38)16(33)22(45-13)30-11-29-15-19(24)27-10-28-20(15)30/h10-11,13,16-18,22,33-34H,4-9H2,1-3H3,(H,25,32)(H,26,35)(H,39,40)(H,41,42)(H2,24,27,28)(H2,36,37,38)/i1+2,12+2. The van der Waals surface area contributed by atoms with E-state index in [2.05, 4.69) is 34.4 Å². The number of phosphoric ester groups is 3. The van der Waals surface area contributed by atoms with Gasteiger partial charge >= 0.3 is 23.5 Å². The average molecular weight is 814 g/mol. The molecule has 28 heteroatoms. The predicted octanol–water partition coefficient (Wildman–Crippen LogP) is -1.32. The van der Waals surface area contributed by atoms with Gasteiger partial charge in [0, 0.05) is 37.6 Å². The molecule has 0 saturated carbocycles. The van der Waals surface area contributed by atoms with Crippen molar-refractivity contribution in [2.75, 3.05) is 37.8 Å². The van der Waals surface area contributed by atoms with Crippen molar-refractivity contribution in [1.82, 2.24) is 30.2 Å². The van der Waals surface area contributed by atoms with Crippen molar-refractivity contribution < 1.29 is 80.5 Å². The van der Waals surface area contributed by atoms with Gasteiger partial charge in [0.15, 0.2) is 22.8 Å². The number of aromatic nitrogens is 4. The Labute approximate surface area is 293 Å². The zero-order chi connectivity index (χ0) is 38.4. The van der Waals surface area contributed by atoms with Crippen LogP contribution in [0.25, 0.3) is 11.2 Å². The van der Waals surface area contributed by atoms with Crippen LogP contribution < -0.4 is 16.4 Å². The molecule has 0 aromatic carbocycles. The molecule has 2 aromatic heterocycles. The van der Waals surface area contributed by atoms with Crippen LogP contribution in [0, 0.1) is 5.41 Å². The lowest BCUT2D eigenvalue weighted by Crippen LogP contribution is -2.46. The van der Waals surface area contributed by atoms with Crippen LogP contribution >= 0.6 is 35.2 Å². The summed E-state index contributed by atoms with van der Waals surface area (Å²) in [7, 11) is -16.4. The lowest BCUT2D eigenvalue weighted by molar-refractivity contribution is -0.137. The van der Waals surface area contributed by atoms with E-state index in [1.54, 1.807) is 0 Å². The van der Waals surface area contributed by atoms with Gasteiger partial charge < -0.3 is 50.9 Å². The highest BCUT2D eigenvalue weighted by molar-refractivity contribution is 8.13. The molecule has 1 fully saturated rings. The highest BCUT2D eigenvalue weighted by atomic mass is 32.2. The normalized spacial score (nSPS) is 22.6. The van der Waals surface area contributed by atoms with Gasteiger partial charge in [-0.15, -0.1) is 0 Å². The molecule has 0 radical (unpaired) electrons. The van der Waals surface area contributed by atoms with E-state index < -0.39 is 84.6 Å². The van der Waals surface area contributed by atoms with E-state index in [1.807, 2.05) is 0 Å². The van der Waals surface area contributed by atoms with Crippen molar-refractivity contribution in [1.29, 1.82) is 0 Å². The first-order valence-corrected chi connectivity index (χ1v) is 20.0. The van der Waals surface area contributed by atoms with E-state index in [0.29, 0.717) is 5.75 Å². The van der Waals surface area contributed by atoms with Crippen LogP contribution in [0.1, 0.15) is 33.4 Å². The molecular weight excluding hydrogens is 775 g/mol. The molecule has 0 aliphatic carbocycles. The summed E-state index contributed by atoms with van der Waals surface area (Å²) >= 11 is 1.03. The van der Waals surface area contributed by atoms with Crippen LogP contribution in [-0.4, -0.2) is 123 Å². The quantitative estimate of drug-likeness (QED) is 0.0587. The Morgan fingerprint density at radius 3 is 2.45 bits per heavy atom.